The van der Waals surface area contributed by atoms with Gasteiger partial charge in [0.2, 0.25) is 5.91 Å². The number of hydrogen-bond donors (Lipinski definition) is 1. The number of ether oxygens (including phenoxy) is 1. The number of nitrogens with one attached hydrogen (secondary N) is 1. The van der Waals surface area contributed by atoms with Crippen molar-refractivity contribution in [3.05, 3.63) is 65.3 Å². The van der Waals surface area contributed by atoms with Crippen LogP contribution in [-0.2, 0) is 4.79 Å². The molecule has 32 heavy (non-hydrogen) atoms. The lowest BCUT2D eigenvalue weighted by atomic mass is 10.1. The first-order chi connectivity index (χ1) is 15.5. The highest BCUT2D eigenvalue weighted by Gasteiger charge is 2.15. The molecule has 1 N–H and O–H groups in total. The molecule has 4 aromatic rings. The maximum atomic E-state index is 12.6. The van der Waals surface area contributed by atoms with Crippen LogP contribution < -0.4 is 10.1 Å². The molecule has 0 spiro atoms. The number of thiazole rings is 1. The molecule has 164 valence electrons. The summed E-state index contributed by atoms with van der Waals surface area (Å²) in [5, 5.41) is 13.7. The van der Waals surface area contributed by atoms with Gasteiger partial charge in [-0.3, -0.25) is 9.36 Å². The molecule has 2 aromatic heterocycles. The second kappa shape index (κ2) is 10.1. The summed E-state index contributed by atoms with van der Waals surface area (Å²) < 4.78 is 31.5. The van der Waals surface area contributed by atoms with Gasteiger partial charge in [0.1, 0.15) is 12.1 Å². The van der Waals surface area contributed by atoms with Crippen LogP contribution in [0.3, 0.4) is 0 Å². The molecule has 0 bridgehead atoms. The third-order valence-electron chi connectivity index (χ3n) is 4.06. The first kappa shape index (κ1) is 22.2. The number of aromatic nitrogens is 4. The van der Waals surface area contributed by atoms with Crippen molar-refractivity contribution in [1.29, 1.82) is 0 Å². The largest absolute Gasteiger partial charge is 0.434 e. The van der Waals surface area contributed by atoms with Crippen LogP contribution in [0.1, 0.15) is 0 Å². The van der Waals surface area contributed by atoms with E-state index in [2.05, 4.69) is 25.2 Å². The lowest BCUT2D eigenvalue weighted by Crippen LogP contribution is -2.14. The Balaban J connectivity index is 1.40. The van der Waals surface area contributed by atoms with E-state index in [0.717, 1.165) is 5.69 Å². The Kier molecular flexibility index (Phi) is 6.98. The number of carbonyl (C=O) groups excluding carboxylic acids is 1. The van der Waals surface area contributed by atoms with Crippen molar-refractivity contribution in [2.45, 2.75) is 11.8 Å². The molecular weight excluding hydrogens is 480 g/mol. The predicted molar refractivity (Wildman–Crippen MR) is 120 cm³/mol. The Morgan fingerprint density at radius 1 is 1.25 bits per heavy atom. The van der Waals surface area contributed by atoms with E-state index in [1.807, 2.05) is 12.1 Å². The Morgan fingerprint density at radius 2 is 2.09 bits per heavy atom. The Bertz CT molecular complexity index is 1230. The molecular formula is C20H14ClF2N5O2S2. The maximum absolute atomic E-state index is 12.6. The smallest absolute Gasteiger partial charge is 0.387 e. The second-order valence-electron chi connectivity index (χ2n) is 6.21. The summed E-state index contributed by atoms with van der Waals surface area (Å²) in [6, 6.07) is 13.5. The summed E-state index contributed by atoms with van der Waals surface area (Å²) in [4.78, 5) is 16.7. The van der Waals surface area contributed by atoms with Crippen molar-refractivity contribution < 1.29 is 18.3 Å². The van der Waals surface area contributed by atoms with Crippen LogP contribution in [0.4, 0.5) is 13.9 Å². The van der Waals surface area contributed by atoms with E-state index in [9.17, 15) is 13.6 Å². The average molecular weight is 494 g/mol. The van der Waals surface area contributed by atoms with Crippen molar-refractivity contribution >= 4 is 45.7 Å². The molecule has 2 aromatic carbocycles. The van der Waals surface area contributed by atoms with Gasteiger partial charge in [0.15, 0.2) is 10.3 Å². The van der Waals surface area contributed by atoms with Crippen molar-refractivity contribution in [3.8, 4) is 22.7 Å². The fourth-order valence-electron chi connectivity index (χ4n) is 2.74. The summed E-state index contributed by atoms with van der Waals surface area (Å²) in [5.41, 5.74) is 1.61. The third kappa shape index (κ3) is 5.42. The van der Waals surface area contributed by atoms with E-state index in [4.69, 9.17) is 11.6 Å². The van der Waals surface area contributed by atoms with Crippen LogP contribution in [0.2, 0.25) is 5.02 Å². The van der Waals surface area contributed by atoms with Crippen LogP contribution in [0.15, 0.2) is 65.4 Å². The monoisotopic (exact) mass is 493 g/mol. The molecule has 1 amide bonds. The molecule has 0 unspecified atom stereocenters. The van der Waals surface area contributed by atoms with Crippen LogP contribution in [0, 0.1) is 0 Å². The number of nitrogens with zero attached hydrogens (tertiary/aromatic N) is 4. The third-order valence-corrected chi connectivity index (χ3v) is 6.00. The van der Waals surface area contributed by atoms with E-state index < -0.39 is 6.61 Å². The molecule has 0 fully saturated rings. The van der Waals surface area contributed by atoms with Crippen LogP contribution in [-0.4, -0.2) is 38.0 Å². The van der Waals surface area contributed by atoms with Gasteiger partial charge < -0.3 is 10.1 Å². The summed E-state index contributed by atoms with van der Waals surface area (Å²) in [6.45, 7) is -2.94. The number of benzene rings is 2. The van der Waals surface area contributed by atoms with E-state index >= 15 is 0 Å². The summed E-state index contributed by atoms with van der Waals surface area (Å²) in [6.07, 6.45) is 1.54. The first-order valence-corrected chi connectivity index (χ1v) is 11.3. The molecule has 0 atom stereocenters. The highest BCUT2D eigenvalue weighted by molar-refractivity contribution is 7.99. The van der Waals surface area contributed by atoms with Gasteiger partial charge in [0.25, 0.3) is 0 Å². The van der Waals surface area contributed by atoms with Gasteiger partial charge in [0.05, 0.1) is 17.1 Å². The summed E-state index contributed by atoms with van der Waals surface area (Å²) in [5.74, 6) is -0.213. The normalized spacial score (nSPS) is 11.0. The standard InChI is InChI=1S/C20H14ClF2N5O2S2/c21-12-4-3-5-13(8-12)28-11-24-27-20(28)32-10-17(29)26-19-25-15(9-31-19)14-6-1-2-7-16(14)30-18(22)23/h1-9,11,18H,10H2,(H,25,26,29). The lowest BCUT2D eigenvalue weighted by molar-refractivity contribution is -0.113. The Hall–Kier alpha value is -3.02. The van der Waals surface area contributed by atoms with Crippen LogP contribution in [0.25, 0.3) is 16.9 Å². The highest BCUT2D eigenvalue weighted by Crippen LogP contribution is 2.33. The van der Waals surface area contributed by atoms with Crippen molar-refractivity contribution in [2.24, 2.45) is 0 Å². The van der Waals surface area contributed by atoms with E-state index in [1.165, 1.54) is 35.5 Å². The fraction of sp³-hybridized carbons (Fsp3) is 0.100. The van der Waals surface area contributed by atoms with Crippen LogP contribution in [0.5, 0.6) is 5.75 Å². The van der Waals surface area contributed by atoms with Gasteiger partial charge in [-0.2, -0.15) is 8.78 Å². The van der Waals surface area contributed by atoms with Gasteiger partial charge in [-0.15, -0.1) is 21.5 Å². The topological polar surface area (TPSA) is 81.9 Å². The molecule has 7 nitrogen and oxygen atoms in total. The second-order valence-corrected chi connectivity index (χ2v) is 8.45. The molecule has 12 heteroatoms. The molecule has 0 saturated heterocycles. The molecule has 0 aliphatic rings. The molecule has 4 rings (SSSR count). The fourth-order valence-corrected chi connectivity index (χ4v) is 4.38. The van der Waals surface area contributed by atoms with Gasteiger partial charge in [0, 0.05) is 16.0 Å². The molecule has 2 heterocycles. The van der Waals surface area contributed by atoms with Crippen molar-refractivity contribution in [1.82, 2.24) is 19.7 Å². The van der Waals surface area contributed by atoms with Gasteiger partial charge >= 0.3 is 6.61 Å². The Morgan fingerprint density at radius 3 is 2.91 bits per heavy atom. The number of alkyl halides is 2. The van der Waals surface area contributed by atoms with E-state index in [-0.39, 0.29) is 17.4 Å². The number of thioether (sulfide) groups is 1. The zero-order chi connectivity index (χ0) is 22.5. The number of para-hydroxylation sites is 1. The molecule has 0 saturated carbocycles. The van der Waals surface area contributed by atoms with Crippen LogP contribution >= 0.6 is 34.7 Å². The number of carbonyl (C=O) groups is 1. The van der Waals surface area contributed by atoms with Crippen molar-refractivity contribution in [3.63, 3.8) is 0 Å². The Labute approximate surface area is 194 Å². The molecule has 0 aliphatic heterocycles. The van der Waals surface area contributed by atoms with Crippen molar-refractivity contribution in [2.75, 3.05) is 11.1 Å². The van der Waals surface area contributed by atoms with E-state index in [1.54, 1.807) is 40.3 Å². The van der Waals surface area contributed by atoms with Gasteiger partial charge in [-0.05, 0) is 30.3 Å². The summed E-state index contributed by atoms with van der Waals surface area (Å²) in [7, 11) is 0. The van der Waals surface area contributed by atoms with E-state index in [0.29, 0.717) is 26.6 Å². The number of halogens is 3. The summed E-state index contributed by atoms with van der Waals surface area (Å²) >= 11 is 8.42. The zero-order valence-electron chi connectivity index (χ0n) is 16.1. The predicted octanol–water partition coefficient (Wildman–Crippen LogP) is 5.38. The van der Waals surface area contributed by atoms with Gasteiger partial charge in [-0.1, -0.05) is 41.6 Å². The number of rotatable bonds is 8. The number of hydrogen-bond acceptors (Lipinski definition) is 7. The highest BCUT2D eigenvalue weighted by atomic mass is 35.5. The average Bonchev–Trinajstić information content (AvgIpc) is 3.42. The first-order valence-electron chi connectivity index (χ1n) is 9.08. The quantitative estimate of drug-likeness (QED) is 0.332. The minimum Gasteiger partial charge on any atom is -0.434 e. The minimum atomic E-state index is -2.94. The molecule has 0 radical (unpaired) electrons. The maximum Gasteiger partial charge on any atom is 0.387 e. The number of anilines is 1. The minimum absolute atomic E-state index is 0.0154. The zero-order valence-corrected chi connectivity index (χ0v) is 18.5. The lowest BCUT2D eigenvalue weighted by Gasteiger charge is -2.08. The van der Waals surface area contributed by atoms with Gasteiger partial charge in [-0.25, -0.2) is 4.98 Å². The molecule has 0 aliphatic carbocycles. The number of amides is 1. The SMILES string of the molecule is O=C(CSc1nncn1-c1cccc(Cl)c1)Nc1nc(-c2ccccc2OC(F)F)cs1.